The minimum atomic E-state index is 0.262. The molecule has 0 aliphatic carbocycles. The molecule has 1 unspecified atom stereocenters. The second kappa shape index (κ2) is 6.21. The Kier molecular flexibility index (Phi) is 5.22. The zero-order valence-electron chi connectivity index (χ0n) is 10.5. The van der Waals surface area contributed by atoms with Crippen LogP contribution in [0.2, 0.25) is 0 Å². The fourth-order valence-corrected chi connectivity index (χ4v) is 2.58. The average Bonchev–Trinajstić information content (AvgIpc) is 2.24. The summed E-state index contributed by atoms with van der Waals surface area (Å²) in [7, 11) is 0. The van der Waals surface area contributed by atoms with Gasteiger partial charge in [0, 0.05) is 24.2 Å². The van der Waals surface area contributed by atoms with Crippen LogP contribution in [0, 0.1) is 5.41 Å². The molecule has 0 saturated carbocycles. The van der Waals surface area contributed by atoms with Crippen LogP contribution < -0.4 is 5.32 Å². The monoisotopic (exact) mass is 239 g/mol. The fourth-order valence-electron chi connectivity index (χ4n) is 1.38. The Hall–Kier alpha value is -0.610. The summed E-state index contributed by atoms with van der Waals surface area (Å²) < 4.78 is 0. The van der Waals surface area contributed by atoms with Gasteiger partial charge < -0.3 is 5.32 Å². The molecule has 0 saturated heterocycles. The van der Waals surface area contributed by atoms with Crippen molar-refractivity contribution in [3.05, 3.63) is 18.5 Å². The molecule has 1 aromatic rings. The van der Waals surface area contributed by atoms with Gasteiger partial charge in [0.15, 0.2) is 5.16 Å². The molecular formula is C12H21N3S. The molecule has 0 aromatic carbocycles. The Bertz CT molecular complexity index is 295. The lowest BCUT2D eigenvalue weighted by Gasteiger charge is -2.30. The summed E-state index contributed by atoms with van der Waals surface area (Å²) in [6, 6.07) is 2.32. The summed E-state index contributed by atoms with van der Waals surface area (Å²) >= 11 is 1.71. The Labute approximate surface area is 102 Å². The van der Waals surface area contributed by atoms with Crippen molar-refractivity contribution in [3.8, 4) is 0 Å². The van der Waals surface area contributed by atoms with Crippen LogP contribution in [0.25, 0.3) is 0 Å². The van der Waals surface area contributed by atoms with Crippen molar-refractivity contribution in [2.45, 2.75) is 38.9 Å². The van der Waals surface area contributed by atoms with Crippen LogP contribution in [-0.4, -0.2) is 28.3 Å². The molecule has 0 radical (unpaired) electrons. The number of thioether (sulfide) groups is 1. The molecule has 0 spiro atoms. The van der Waals surface area contributed by atoms with Crippen molar-refractivity contribution in [2.24, 2.45) is 5.41 Å². The van der Waals surface area contributed by atoms with E-state index in [1.807, 2.05) is 6.07 Å². The molecule has 0 aliphatic heterocycles. The van der Waals surface area contributed by atoms with Crippen molar-refractivity contribution in [1.82, 2.24) is 15.3 Å². The number of nitrogens with zero attached hydrogens (tertiary/aromatic N) is 2. The van der Waals surface area contributed by atoms with E-state index in [9.17, 15) is 0 Å². The maximum absolute atomic E-state index is 4.22. The summed E-state index contributed by atoms with van der Waals surface area (Å²) in [4.78, 5) is 8.43. The third kappa shape index (κ3) is 4.49. The Balaban J connectivity index is 2.51. The van der Waals surface area contributed by atoms with Crippen LogP contribution in [0.5, 0.6) is 0 Å². The quantitative estimate of drug-likeness (QED) is 0.633. The molecule has 1 heterocycles. The fraction of sp³-hybridized carbons (Fsp3) is 0.667. The molecule has 0 aliphatic rings. The minimum Gasteiger partial charge on any atom is -0.313 e. The molecule has 1 rings (SSSR count). The van der Waals surface area contributed by atoms with Crippen LogP contribution in [0.15, 0.2) is 23.6 Å². The van der Waals surface area contributed by atoms with Crippen molar-refractivity contribution < 1.29 is 0 Å². The number of nitrogens with one attached hydrogen (secondary N) is 1. The normalized spacial score (nSPS) is 13.8. The van der Waals surface area contributed by atoms with Crippen LogP contribution in [0.4, 0.5) is 0 Å². The van der Waals surface area contributed by atoms with Crippen LogP contribution >= 0.6 is 11.8 Å². The highest BCUT2D eigenvalue weighted by atomic mass is 32.2. The van der Waals surface area contributed by atoms with Crippen LogP contribution in [0.3, 0.4) is 0 Å². The van der Waals surface area contributed by atoms with Crippen molar-refractivity contribution in [3.63, 3.8) is 0 Å². The third-order valence-electron chi connectivity index (χ3n) is 2.42. The van der Waals surface area contributed by atoms with Gasteiger partial charge in [0.25, 0.3) is 0 Å². The van der Waals surface area contributed by atoms with E-state index in [0.717, 1.165) is 17.5 Å². The molecule has 1 atom stereocenters. The molecule has 1 N–H and O–H groups in total. The van der Waals surface area contributed by atoms with E-state index >= 15 is 0 Å². The molecule has 90 valence electrons. The van der Waals surface area contributed by atoms with E-state index < -0.39 is 0 Å². The summed E-state index contributed by atoms with van der Waals surface area (Å²) in [5.74, 6) is 1.00. The lowest BCUT2D eigenvalue weighted by Crippen LogP contribution is -2.42. The molecule has 16 heavy (non-hydrogen) atoms. The minimum absolute atomic E-state index is 0.262. The molecule has 1 aromatic heterocycles. The van der Waals surface area contributed by atoms with Gasteiger partial charge in [0.05, 0.1) is 0 Å². The highest BCUT2D eigenvalue weighted by Crippen LogP contribution is 2.24. The Morgan fingerprint density at radius 3 is 2.44 bits per heavy atom. The predicted octanol–water partition coefficient (Wildman–Crippen LogP) is 2.59. The van der Waals surface area contributed by atoms with Gasteiger partial charge in [-0.25, -0.2) is 9.97 Å². The lowest BCUT2D eigenvalue weighted by atomic mass is 9.88. The van der Waals surface area contributed by atoms with Crippen molar-refractivity contribution >= 4 is 11.8 Å². The van der Waals surface area contributed by atoms with Crippen LogP contribution in [0.1, 0.15) is 27.7 Å². The van der Waals surface area contributed by atoms with E-state index in [1.165, 1.54) is 0 Å². The number of hydrogen-bond acceptors (Lipinski definition) is 4. The first-order chi connectivity index (χ1) is 7.54. The summed E-state index contributed by atoms with van der Waals surface area (Å²) in [5.41, 5.74) is 0.262. The highest BCUT2D eigenvalue weighted by molar-refractivity contribution is 7.99. The van der Waals surface area contributed by atoms with E-state index in [-0.39, 0.29) is 5.41 Å². The van der Waals surface area contributed by atoms with E-state index in [2.05, 4.69) is 43.0 Å². The second-order valence-electron chi connectivity index (χ2n) is 4.82. The van der Waals surface area contributed by atoms with Crippen molar-refractivity contribution in [1.29, 1.82) is 0 Å². The van der Waals surface area contributed by atoms with Gasteiger partial charge in [-0.05, 0) is 18.0 Å². The number of rotatable bonds is 5. The molecule has 0 bridgehead atoms. The third-order valence-corrected chi connectivity index (χ3v) is 3.39. The standard InChI is InChI=1S/C12H21N3S/c1-5-13-10(12(2,3)4)9-16-11-14-7-6-8-15-11/h6-8,10,13H,5,9H2,1-4H3. The first-order valence-corrected chi connectivity index (χ1v) is 6.65. The van der Waals surface area contributed by atoms with Gasteiger partial charge in [0.1, 0.15) is 0 Å². The van der Waals surface area contributed by atoms with Gasteiger partial charge in [-0.15, -0.1) is 0 Å². The number of hydrogen-bond donors (Lipinski definition) is 1. The van der Waals surface area contributed by atoms with E-state index in [4.69, 9.17) is 0 Å². The maximum Gasteiger partial charge on any atom is 0.187 e. The summed E-state index contributed by atoms with van der Waals surface area (Å²) in [6.07, 6.45) is 3.57. The van der Waals surface area contributed by atoms with Gasteiger partial charge >= 0.3 is 0 Å². The van der Waals surface area contributed by atoms with Gasteiger partial charge in [-0.1, -0.05) is 39.5 Å². The largest absolute Gasteiger partial charge is 0.313 e. The van der Waals surface area contributed by atoms with Gasteiger partial charge in [-0.3, -0.25) is 0 Å². The first kappa shape index (κ1) is 13.5. The molecule has 0 amide bonds. The Morgan fingerprint density at radius 1 is 1.31 bits per heavy atom. The zero-order valence-corrected chi connectivity index (χ0v) is 11.3. The summed E-state index contributed by atoms with van der Waals surface area (Å²) in [5, 5.41) is 4.37. The Morgan fingerprint density at radius 2 is 1.94 bits per heavy atom. The highest BCUT2D eigenvalue weighted by Gasteiger charge is 2.23. The van der Waals surface area contributed by atoms with Crippen molar-refractivity contribution in [2.75, 3.05) is 12.3 Å². The smallest absolute Gasteiger partial charge is 0.187 e. The zero-order chi connectivity index (χ0) is 12.0. The first-order valence-electron chi connectivity index (χ1n) is 5.67. The molecule has 3 nitrogen and oxygen atoms in total. The molecular weight excluding hydrogens is 218 g/mol. The van der Waals surface area contributed by atoms with Crippen LogP contribution in [-0.2, 0) is 0 Å². The van der Waals surface area contributed by atoms with Gasteiger partial charge in [0.2, 0.25) is 0 Å². The lowest BCUT2D eigenvalue weighted by molar-refractivity contribution is 0.295. The van der Waals surface area contributed by atoms with Gasteiger partial charge in [-0.2, -0.15) is 0 Å². The average molecular weight is 239 g/mol. The number of aromatic nitrogens is 2. The SMILES string of the molecule is CCNC(CSc1ncccn1)C(C)(C)C. The molecule has 0 fully saturated rings. The predicted molar refractivity (Wildman–Crippen MR) is 69.7 cm³/mol. The maximum atomic E-state index is 4.22. The molecule has 4 heteroatoms. The van der Waals surface area contributed by atoms with E-state index in [1.54, 1.807) is 24.2 Å². The topological polar surface area (TPSA) is 37.8 Å². The second-order valence-corrected chi connectivity index (χ2v) is 5.81. The van der Waals surface area contributed by atoms with E-state index in [0.29, 0.717) is 6.04 Å². The summed E-state index contributed by atoms with van der Waals surface area (Å²) in [6.45, 7) is 9.91.